The summed E-state index contributed by atoms with van der Waals surface area (Å²) in [6, 6.07) is 6.55. The summed E-state index contributed by atoms with van der Waals surface area (Å²) in [7, 11) is 0. The Bertz CT molecular complexity index is 813. The second kappa shape index (κ2) is 7.68. The molecular formula is C17H11F6NO3. The summed E-state index contributed by atoms with van der Waals surface area (Å²) in [6.07, 6.45) is -9.59. The van der Waals surface area contributed by atoms with Gasteiger partial charge in [-0.05, 0) is 30.3 Å². The van der Waals surface area contributed by atoms with Gasteiger partial charge in [0, 0.05) is 5.69 Å². The Hall–Kier alpha value is -3.04. The second-order valence-corrected chi connectivity index (χ2v) is 5.29. The molecule has 0 heterocycles. The van der Waals surface area contributed by atoms with Crippen LogP contribution in [0.4, 0.5) is 32.0 Å². The van der Waals surface area contributed by atoms with Gasteiger partial charge in [-0.2, -0.15) is 26.3 Å². The molecule has 0 fully saturated rings. The summed E-state index contributed by atoms with van der Waals surface area (Å²) >= 11 is 0. The second-order valence-electron chi connectivity index (χ2n) is 5.29. The molecule has 0 aromatic heterocycles. The molecule has 4 nitrogen and oxygen atoms in total. The highest BCUT2D eigenvalue weighted by molar-refractivity contribution is 5.92. The first-order chi connectivity index (χ1) is 12.5. The minimum Gasteiger partial charge on any atom is -0.483 e. The summed E-state index contributed by atoms with van der Waals surface area (Å²) in [5, 5.41) is 1.92. The van der Waals surface area contributed by atoms with Crippen molar-refractivity contribution in [3.8, 4) is 5.75 Å². The molecule has 2 rings (SSSR count). The maximum atomic E-state index is 12.8. The highest BCUT2D eigenvalue weighted by atomic mass is 19.4. The number of halogens is 6. The Balaban J connectivity index is 2.18. The normalized spacial score (nSPS) is 11.8. The molecule has 1 N–H and O–H groups in total. The molecule has 0 bridgehead atoms. The first kappa shape index (κ1) is 20.3. The molecule has 144 valence electrons. The number of hydrogen-bond acceptors (Lipinski definition) is 3. The molecule has 0 spiro atoms. The molecule has 0 atom stereocenters. The van der Waals surface area contributed by atoms with E-state index in [9.17, 15) is 35.9 Å². The van der Waals surface area contributed by atoms with Crippen LogP contribution < -0.4 is 10.1 Å². The average molecular weight is 391 g/mol. The molecular weight excluding hydrogens is 380 g/mol. The number of anilines is 1. The predicted molar refractivity (Wildman–Crippen MR) is 82.4 cm³/mol. The van der Waals surface area contributed by atoms with Crippen LogP contribution >= 0.6 is 0 Å². The van der Waals surface area contributed by atoms with Crippen molar-refractivity contribution in [3.05, 3.63) is 59.2 Å². The largest absolute Gasteiger partial charge is 0.483 e. The van der Waals surface area contributed by atoms with E-state index in [-0.39, 0.29) is 17.4 Å². The van der Waals surface area contributed by atoms with E-state index in [4.69, 9.17) is 4.74 Å². The van der Waals surface area contributed by atoms with E-state index in [1.54, 1.807) is 0 Å². The Morgan fingerprint density at radius 1 is 0.963 bits per heavy atom. The van der Waals surface area contributed by atoms with E-state index in [0.717, 1.165) is 0 Å². The molecule has 10 heteroatoms. The van der Waals surface area contributed by atoms with Crippen LogP contribution in [0.2, 0.25) is 0 Å². The number of carbonyl (C=O) groups is 2. The number of amides is 1. The van der Waals surface area contributed by atoms with Crippen LogP contribution in [0.3, 0.4) is 0 Å². The molecule has 0 saturated heterocycles. The summed E-state index contributed by atoms with van der Waals surface area (Å²) < 4.78 is 81.8. The number of rotatable bonds is 5. The Kier molecular flexibility index (Phi) is 5.77. The summed E-state index contributed by atoms with van der Waals surface area (Å²) in [5.74, 6) is -0.953. The average Bonchev–Trinajstić information content (AvgIpc) is 2.58. The lowest BCUT2D eigenvalue weighted by Gasteiger charge is -2.15. The summed E-state index contributed by atoms with van der Waals surface area (Å²) in [5.41, 5.74) is -3.67. The minimum atomic E-state index is -5.03. The van der Waals surface area contributed by atoms with Gasteiger partial charge < -0.3 is 10.1 Å². The topological polar surface area (TPSA) is 55.4 Å². The third-order valence-corrected chi connectivity index (χ3v) is 3.28. The maximum Gasteiger partial charge on any atom is 0.416 e. The number of aldehydes is 1. The first-order valence-corrected chi connectivity index (χ1v) is 7.27. The molecule has 0 unspecified atom stereocenters. The van der Waals surface area contributed by atoms with Crippen molar-refractivity contribution in [1.82, 2.24) is 0 Å². The van der Waals surface area contributed by atoms with Crippen molar-refractivity contribution in [1.29, 1.82) is 0 Å². The fourth-order valence-corrected chi connectivity index (χ4v) is 2.08. The minimum absolute atomic E-state index is 0.0441. The zero-order valence-corrected chi connectivity index (χ0v) is 13.3. The van der Waals surface area contributed by atoms with Gasteiger partial charge in [0.1, 0.15) is 5.75 Å². The van der Waals surface area contributed by atoms with Gasteiger partial charge in [-0.25, -0.2) is 0 Å². The lowest BCUT2D eigenvalue weighted by atomic mass is 10.1. The molecule has 0 aliphatic rings. The lowest BCUT2D eigenvalue weighted by Crippen LogP contribution is -2.21. The van der Waals surface area contributed by atoms with Crippen LogP contribution in [0, 0.1) is 0 Å². The SMILES string of the molecule is O=Cc1ccccc1OCC(=O)Nc1cc(C(F)(F)F)cc(C(F)(F)F)c1. The number of nitrogens with one attached hydrogen (secondary N) is 1. The van der Waals surface area contributed by atoms with Gasteiger partial charge in [-0.3, -0.25) is 9.59 Å². The Morgan fingerprint density at radius 2 is 1.52 bits per heavy atom. The van der Waals surface area contributed by atoms with Crippen LogP contribution in [0.15, 0.2) is 42.5 Å². The zero-order valence-electron chi connectivity index (χ0n) is 13.3. The maximum absolute atomic E-state index is 12.8. The van der Waals surface area contributed by atoms with Crippen molar-refractivity contribution in [2.75, 3.05) is 11.9 Å². The number of ether oxygens (including phenoxy) is 1. The third kappa shape index (κ3) is 5.47. The highest BCUT2D eigenvalue weighted by Gasteiger charge is 2.37. The van der Waals surface area contributed by atoms with E-state index >= 15 is 0 Å². The highest BCUT2D eigenvalue weighted by Crippen LogP contribution is 2.37. The van der Waals surface area contributed by atoms with Crippen LogP contribution in [-0.4, -0.2) is 18.8 Å². The zero-order chi connectivity index (χ0) is 20.2. The van der Waals surface area contributed by atoms with E-state index in [1.807, 2.05) is 5.32 Å². The van der Waals surface area contributed by atoms with Gasteiger partial charge in [0.05, 0.1) is 16.7 Å². The standard InChI is InChI=1S/C17H11F6NO3/c18-16(19,20)11-5-12(17(21,22)23)7-13(6-11)24-15(26)9-27-14-4-2-1-3-10(14)8-25/h1-8H,9H2,(H,24,26). The summed E-state index contributed by atoms with van der Waals surface area (Å²) in [6.45, 7) is -0.720. The van der Waals surface area contributed by atoms with E-state index in [2.05, 4.69) is 0 Å². The van der Waals surface area contributed by atoms with Gasteiger partial charge >= 0.3 is 12.4 Å². The molecule has 0 aliphatic carbocycles. The number of hydrogen-bond donors (Lipinski definition) is 1. The number of carbonyl (C=O) groups excluding carboxylic acids is 2. The first-order valence-electron chi connectivity index (χ1n) is 7.27. The summed E-state index contributed by atoms with van der Waals surface area (Å²) in [4.78, 5) is 22.7. The van der Waals surface area contributed by atoms with Crippen molar-refractivity contribution < 1.29 is 40.7 Å². The third-order valence-electron chi connectivity index (χ3n) is 3.28. The molecule has 1 amide bonds. The van der Waals surface area contributed by atoms with Gasteiger partial charge in [-0.15, -0.1) is 0 Å². The lowest BCUT2D eigenvalue weighted by molar-refractivity contribution is -0.143. The van der Waals surface area contributed by atoms with Crippen LogP contribution in [0.25, 0.3) is 0 Å². The molecule has 2 aromatic carbocycles. The predicted octanol–water partition coefficient (Wildman–Crippen LogP) is 4.55. The van der Waals surface area contributed by atoms with Crippen LogP contribution in [-0.2, 0) is 17.1 Å². The van der Waals surface area contributed by atoms with Crippen molar-refractivity contribution >= 4 is 17.9 Å². The van der Waals surface area contributed by atoms with Gasteiger partial charge in [-0.1, -0.05) is 12.1 Å². The smallest absolute Gasteiger partial charge is 0.416 e. The fourth-order valence-electron chi connectivity index (χ4n) is 2.08. The molecule has 2 aromatic rings. The number of benzene rings is 2. The molecule has 0 saturated carbocycles. The van der Waals surface area contributed by atoms with Crippen molar-refractivity contribution in [2.24, 2.45) is 0 Å². The fraction of sp³-hybridized carbons (Fsp3) is 0.176. The van der Waals surface area contributed by atoms with Crippen molar-refractivity contribution in [3.63, 3.8) is 0 Å². The van der Waals surface area contributed by atoms with Crippen LogP contribution in [0.1, 0.15) is 21.5 Å². The van der Waals surface area contributed by atoms with Crippen molar-refractivity contribution in [2.45, 2.75) is 12.4 Å². The molecule has 27 heavy (non-hydrogen) atoms. The number of alkyl halides is 6. The van der Waals surface area contributed by atoms with Gasteiger partial charge in [0.25, 0.3) is 5.91 Å². The molecule has 0 radical (unpaired) electrons. The van der Waals surface area contributed by atoms with Gasteiger partial charge in [0.15, 0.2) is 12.9 Å². The van der Waals surface area contributed by atoms with E-state index in [0.29, 0.717) is 18.4 Å². The monoisotopic (exact) mass is 391 g/mol. The quantitative estimate of drug-likeness (QED) is 0.601. The Morgan fingerprint density at radius 3 is 2.04 bits per heavy atom. The van der Waals surface area contributed by atoms with E-state index < -0.39 is 41.7 Å². The number of para-hydroxylation sites is 1. The Labute approximate surface area is 148 Å². The van der Waals surface area contributed by atoms with Gasteiger partial charge in [0.2, 0.25) is 0 Å². The molecule has 0 aliphatic heterocycles. The van der Waals surface area contributed by atoms with Crippen LogP contribution in [0.5, 0.6) is 5.75 Å². The van der Waals surface area contributed by atoms with E-state index in [1.165, 1.54) is 24.3 Å².